The Balaban J connectivity index is 2.28. The molecule has 0 aliphatic carbocycles. The van der Waals surface area contributed by atoms with Crippen molar-refractivity contribution in [2.24, 2.45) is 0 Å². The van der Waals surface area contributed by atoms with E-state index in [4.69, 9.17) is 9.47 Å². The summed E-state index contributed by atoms with van der Waals surface area (Å²) in [5.41, 5.74) is 0. The van der Waals surface area contributed by atoms with Crippen molar-refractivity contribution in [3.8, 4) is 0 Å². The molecule has 9 nitrogen and oxygen atoms in total. The van der Waals surface area contributed by atoms with Crippen molar-refractivity contribution in [2.75, 3.05) is 13.2 Å². The van der Waals surface area contributed by atoms with Gasteiger partial charge in [0.2, 0.25) is 5.91 Å². The number of hydrogen-bond acceptors (Lipinski definition) is 8. The van der Waals surface area contributed by atoms with Crippen molar-refractivity contribution in [1.29, 1.82) is 0 Å². The first-order valence-corrected chi connectivity index (χ1v) is 28.5. The van der Waals surface area contributed by atoms with Crippen molar-refractivity contribution in [1.82, 2.24) is 5.32 Å². The van der Waals surface area contributed by atoms with Crippen LogP contribution >= 0.6 is 0 Å². The zero-order chi connectivity index (χ0) is 49.4. The molecule has 396 valence electrons. The van der Waals surface area contributed by atoms with Gasteiger partial charge in [0.25, 0.3) is 0 Å². The highest BCUT2D eigenvalue weighted by Gasteiger charge is 2.44. The third kappa shape index (κ3) is 37.7. The van der Waals surface area contributed by atoms with Crippen LogP contribution in [-0.4, -0.2) is 87.5 Å². The molecule has 1 aliphatic heterocycles. The van der Waals surface area contributed by atoms with Crippen LogP contribution in [0.1, 0.15) is 251 Å². The number of allylic oxidation sites excluding steroid dienone is 9. The molecule has 7 unspecified atom stereocenters. The van der Waals surface area contributed by atoms with Crippen LogP contribution in [0.3, 0.4) is 0 Å². The van der Waals surface area contributed by atoms with E-state index in [1.54, 1.807) is 6.08 Å². The molecule has 6 N–H and O–H groups in total. The second-order valence-electron chi connectivity index (χ2n) is 19.7. The first-order valence-electron chi connectivity index (χ1n) is 28.5. The molecular formula is C59H107NO8. The average molecular weight is 959 g/mol. The topological polar surface area (TPSA) is 149 Å². The Labute approximate surface area is 417 Å². The fourth-order valence-corrected chi connectivity index (χ4v) is 8.75. The molecule has 0 bridgehead atoms. The number of aliphatic hydroxyl groups is 5. The lowest BCUT2D eigenvalue weighted by atomic mass is 9.99. The van der Waals surface area contributed by atoms with Crippen molar-refractivity contribution in [2.45, 2.75) is 294 Å². The minimum atomic E-state index is -1.58. The number of ether oxygens (including phenoxy) is 2. The molecule has 1 saturated heterocycles. The van der Waals surface area contributed by atoms with Crippen LogP contribution in [0.4, 0.5) is 0 Å². The van der Waals surface area contributed by atoms with Crippen LogP contribution < -0.4 is 5.32 Å². The van der Waals surface area contributed by atoms with Gasteiger partial charge >= 0.3 is 0 Å². The van der Waals surface area contributed by atoms with Crippen LogP contribution in [0.2, 0.25) is 0 Å². The van der Waals surface area contributed by atoms with Gasteiger partial charge < -0.3 is 40.3 Å². The fourth-order valence-electron chi connectivity index (χ4n) is 8.75. The van der Waals surface area contributed by atoms with Crippen molar-refractivity contribution < 1.29 is 39.8 Å². The van der Waals surface area contributed by atoms with Gasteiger partial charge in [-0.2, -0.15) is 0 Å². The van der Waals surface area contributed by atoms with Gasteiger partial charge in [-0.3, -0.25) is 4.79 Å². The molecule has 0 aromatic heterocycles. The fraction of sp³-hybridized carbons (Fsp3) is 0.814. The highest BCUT2D eigenvalue weighted by Crippen LogP contribution is 2.23. The third-order valence-electron chi connectivity index (χ3n) is 13.3. The van der Waals surface area contributed by atoms with Gasteiger partial charge in [0.05, 0.1) is 25.4 Å². The largest absolute Gasteiger partial charge is 0.394 e. The quantitative estimate of drug-likeness (QED) is 0.0261. The molecule has 0 aromatic rings. The maximum atomic E-state index is 13.0. The molecule has 1 heterocycles. The minimum absolute atomic E-state index is 0.193. The lowest BCUT2D eigenvalue weighted by molar-refractivity contribution is -0.302. The van der Waals surface area contributed by atoms with E-state index < -0.39 is 49.5 Å². The van der Waals surface area contributed by atoms with Gasteiger partial charge in [-0.1, -0.05) is 229 Å². The van der Waals surface area contributed by atoms with E-state index in [9.17, 15) is 30.3 Å². The Morgan fingerprint density at radius 2 is 0.882 bits per heavy atom. The Morgan fingerprint density at radius 1 is 0.500 bits per heavy atom. The molecule has 0 aromatic carbocycles. The maximum Gasteiger partial charge on any atom is 0.220 e. The molecule has 0 saturated carbocycles. The Morgan fingerprint density at radius 3 is 1.32 bits per heavy atom. The second kappa shape index (κ2) is 48.5. The Bertz CT molecular complexity index is 1250. The van der Waals surface area contributed by atoms with Crippen LogP contribution in [0.25, 0.3) is 0 Å². The number of hydrogen-bond donors (Lipinski definition) is 6. The lowest BCUT2D eigenvalue weighted by Gasteiger charge is -2.40. The highest BCUT2D eigenvalue weighted by molar-refractivity contribution is 5.76. The first kappa shape index (κ1) is 63.9. The molecule has 0 spiro atoms. The van der Waals surface area contributed by atoms with E-state index in [1.807, 2.05) is 6.08 Å². The van der Waals surface area contributed by atoms with Crippen LogP contribution in [0.15, 0.2) is 60.8 Å². The summed E-state index contributed by atoms with van der Waals surface area (Å²) >= 11 is 0. The number of aliphatic hydroxyl groups excluding tert-OH is 5. The van der Waals surface area contributed by atoms with Crippen LogP contribution in [0, 0.1) is 0 Å². The number of unbranched alkanes of at least 4 members (excludes halogenated alkanes) is 30. The predicted octanol–water partition coefficient (Wildman–Crippen LogP) is 13.9. The summed E-state index contributed by atoms with van der Waals surface area (Å²) in [5, 5.41) is 54.5. The van der Waals surface area contributed by atoms with Crippen LogP contribution in [-0.2, 0) is 14.3 Å². The zero-order valence-corrected chi connectivity index (χ0v) is 43.9. The van der Waals surface area contributed by atoms with E-state index in [0.29, 0.717) is 6.42 Å². The minimum Gasteiger partial charge on any atom is -0.394 e. The van der Waals surface area contributed by atoms with E-state index >= 15 is 0 Å². The first-order chi connectivity index (χ1) is 33.3. The average Bonchev–Trinajstić information content (AvgIpc) is 3.34. The molecule has 68 heavy (non-hydrogen) atoms. The van der Waals surface area contributed by atoms with Crippen molar-refractivity contribution >= 4 is 5.91 Å². The molecule has 9 heteroatoms. The monoisotopic (exact) mass is 958 g/mol. The Kier molecular flexibility index (Phi) is 45.6. The molecule has 1 amide bonds. The number of carbonyl (C=O) groups is 1. The van der Waals surface area contributed by atoms with Gasteiger partial charge in [0.15, 0.2) is 6.29 Å². The van der Waals surface area contributed by atoms with Gasteiger partial charge in [0, 0.05) is 6.42 Å². The lowest BCUT2D eigenvalue weighted by Crippen LogP contribution is -2.60. The number of amides is 1. The summed E-state index contributed by atoms with van der Waals surface area (Å²) in [4.78, 5) is 13.0. The molecule has 1 fully saturated rings. The number of rotatable bonds is 48. The summed E-state index contributed by atoms with van der Waals surface area (Å²) in [5.74, 6) is -0.193. The second-order valence-corrected chi connectivity index (χ2v) is 19.7. The SMILES string of the molecule is CCCCCCC/C=C\C/C=C\CCCCCCCCCCCCCC(=O)NC(COC1OC(CO)C(O)C(O)C1O)C(O)/C=C/CC/C=C/CC/C=C/CCCCCCCCCCCCCC. The summed E-state index contributed by atoms with van der Waals surface area (Å²) in [6.45, 7) is 3.76. The standard InChI is InChI=1S/C59H107NO8/c1-3-5-7-9-11-13-15-17-19-21-23-25-27-29-31-33-35-37-39-41-43-45-47-49-55(63)60-52(51-67-59-58(66)57(65)56(64)54(50-61)68-59)53(62)48-46-44-42-40-38-36-34-32-30-28-26-24-22-20-18-16-14-12-10-8-6-4-2/h15,17,21,23,30,32,38,40,46,48,52-54,56-59,61-62,64-66H,3-14,16,18-20,22,24-29,31,33-37,39,41-45,47,49-51H2,1-2H3,(H,60,63)/b17-15-,23-21-,32-30+,40-38+,48-46+. The molecular weight excluding hydrogens is 851 g/mol. The molecule has 7 atom stereocenters. The molecule has 1 rings (SSSR count). The van der Waals surface area contributed by atoms with Gasteiger partial charge in [-0.15, -0.1) is 0 Å². The summed E-state index contributed by atoms with van der Waals surface area (Å²) in [7, 11) is 0. The summed E-state index contributed by atoms with van der Waals surface area (Å²) in [6.07, 6.45) is 58.5. The Hall–Kier alpha value is -2.11. The van der Waals surface area contributed by atoms with Crippen LogP contribution in [0.5, 0.6) is 0 Å². The smallest absolute Gasteiger partial charge is 0.220 e. The maximum absolute atomic E-state index is 13.0. The molecule has 1 aliphatic rings. The third-order valence-corrected chi connectivity index (χ3v) is 13.3. The zero-order valence-electron chi connectivity index (χ0n) is 43.9. The van der Waals surface area contributed by atoms with E-state index in [1.165, 1.54) is 180 Å². The van der Waals surface area contributed by atoms with Gasteiger partial charge in [0.1, 0.15) is 24.4 Å². The predicted molar refractivity (Wildman–Crippen MR) is 286 cm³/mol. The van der Waals surface area contributed by atoms with E-state index in [0.717, 1.165) is 51.4 Å². The van der Waals surface area contributed by atoms with E-state index in [-0.39, 0.29) is 12.5 Å². The van der Waals surface area contributed by atoms with Crippen molar-refractivity contribution in [3.05, 3.63) is 60.8 Å². The van der Waals surface area contributed by atoms with E-state index in [2.05, 4.69) is 67.8 Å². The highest BCUT2D eigenvalue weighted by atomic mass is 16.7. The van der Waals surface area contributed by atoms with Crippen molar-refractivity contribution in [3.63, 3.8) is 0 Å². The van der Waals surface area contributed by atoms with Gasteiger partial charge in [-0.05, 0) is 77.0 Å². The summed E-state index contributed by atoms with van der Waals surface area (Å²) in [6, 6.07) is -0.832. The van der Waals surface area contributed by atoms with Gasteiger partial charge in [-0.25, -0.2) is 0 Å². The number of carbonyl (C=O) groups excluding carboxylic acids is 1. The molecule has 0 radical (unpaired) electrons. The normalized spacial score (nSPS) is 20.0. The summed E-state index contributed by atoms with van der Waals surface area (Å²) < 4.78 is 11.2. The number of nitrogens with one attached hydrogen (secondary N) is 1.